The lowest BCUT2D eigenvalue weighted by Gasteiger charge is -2.16. The Kier molecular flexibility index (Phi) is 5.16. The molecule has 0 bridgehead atoms. The van der Waals surface area contributed by atoms with Crippen molar-refractivity contribution in [2.24, 2.45) is 10.8 Å². The van der Waals surface area contributed by atoms with Gasteiger partial charge in [-0.05, 0) is 12.5 Å². The van der Waals surface area contributed by atoms with Crippen molar-refractivity contribution in [3.63, 3.8) is 0 Å². The van der Waals surface area contributed by atoms with Crippen molar-refractivity contribution in [2.45, 2.75) is 31.7 Å². The standard InChI is InChI=1S/C12H16N6O5/c1-6-4-18(12(21)15-11(6)20)9-2-7(16-17-14)8(23-9)5-22-10(19)3-13/h4,7-9H,2-3,5,13H2,1H3,(H,15,20,21)/t7-,8+,9+/m0/s1. The molecular weight excluding hydrogens is 308 g/mol. The second-order valence-electron chi connectivity index (χ2n) is 5.00. The molecule has 1 saturated heterocycles. The normalized spacial score (nSPS) is 23.3. The summed E-state index contributed by atoms with van der Waals surface area (Å²) in [5.41, 5.74) is 13.0. The molecule has 1 aliphatic heterocycles. The molecule has 0 saturated carbocycles. The second kappa shape index (κ2) is 7.09. The number of rotatable bonds is 5. The zero-order valence-corrected chi connectivity index (χ0v) is 12.3. The van der Waals surface area contributed by atoms with Crippen LogP contribution in [0.25, 0.3) is 10.4 Å². The van der Waals surface area contributed by atoms with Crippen molar-refractivity contribution in [2.75, 3.05) is 13.2 Å². The minimum atomic E-state index is -0.741. The van der Waals surface area contributed by atoms with E-state index in [0.717, 1.165) is 0 Å². The maximum absolute atomic E-state index is 11.9. The number of H-pyrrole nitrogens is 1. The predicted octanol–water partition coefficient (Wildman–Crippen LogP) is -0.687. The predicted molar refractivity (Wildman–Crippen MR) is 77.5 cm³/mol. The summed E-state index contributed by atoms with van der Waals surface area (Å²) in [5.74, 6) is -0.617. The van der Waals surface area contributed by atoms with Crippen LogP contribution < -0.4 is 17.0 Å². The fourth-order valence-corrected chi connectivity index (χ4v) is 2.26. The topological polar surface area (TPSA) is 165 Å². The van der Waals surface area contributed by atoms with Crippen LogP contribution in [0.2, 0.25) is 0 Å². The number of aryl methyl sites for hydroxylation is 1. The van der Waals surface area contributed by atoms with Gasteiger partial charge in [-0.1, -0.05) is 5.11 Å². The number of ether oxygens (including phenoxy) is 2. The van der Waals surface area contributed by atoms with Crippen LogP contribution in [-0.2, 0) is 14.3 Å². The highest BCUT2D eigenvalue weighted by Gasteiger charge is 2.37. The molecule has 0 radical (unpaired) electrons. The van der Waals surface area contributed by atoms with Gasteiger partial charge in [0.2, 0.25) is 0 Å². The summed E-state index contributed by atoms with van der Waals surface area (Å²) < 4.78 is 11.7. The number of nitrogens with zero attached hydrogens (tertiary/aromatic N) is 4. The monoisotopic (exact) mass is 324 g/mol. The first-order chi connectivity index (χ1) is 11.0. The summed E-state index contributed by atoms with van der Waals surface area (Å²) >= 11 is 0. The Labute approximate surface area is 129 Å². The quantitative estimate of drug-likeness (QED) is 0.315. The number of hydrogen-bond donors (Lipinski definition) is 2. The lowest BCUT2D eigenvalue weighted by molar-refractivity contribution is -0.146. The summed E-state index contributed by atoms with van der Waals surface area (Å²) in [5, 5.41) is 3.60. The summed E-state index contributed by atoms with van der Waals surface area (Å²) in [6.07, 6.45) is 0.133. The molecular formula is C12H16N6O5. The Morgan fingerprint density at radius 1 is 1.65 bits per heavy atom. The molecule has 11 nitrogen and oxygen atoms in total. The van der Waals surface area contributed by atoms with Gasteiger partial charge in [0.1, 0.15) is 18.9 Å². The highest BCUT2D eigenvalue weighted by molar-refractivity contribution is 5.71. The van der Waals surface area contributed by atoms with Gasteiger partial charge in [0.25, 0.3) is 5.56 Å². The fraction of sp³-hybridized carbons (Fsp3) is 0.583. The maximum Gasteiger partial charge on any atom is 0.330 e. The van der Waals surface area contributed by atoms with Gasteiger partial charge in [0, 0.05) is 23.1 Å². The number of aromatic amines is 1. The number of azide groups is 1. The van der Waals surface area contributed by atoms with E-state index in [9.17, 15) is 14.4 Å². The highest BCUT2D eigenvalue weighted by Crippen LogP contribution is 2.30. The van der Waals surface area contributed by atoms with Crippen LogP contribution in [0.15, 0.2) is 20.9 Å². The lowest BCUT2D eigenvalue weighted by atomic mass is 10.1. The van der Waals surface area contributed by atoms with Gasteiger partial charge in [-0.15, -0.1) is 0 Å². The molecule has 0 amide bonds. The molecule has 1 aromatic heterocycles. The molecule has 2 heterocycles. The first kappa shape index (κ1) is 16.7. The third-order valence-corrected chi connectivity index (χ3v) is 3.44. The average Bonchev–Trinajstić information content (AvgIpc) is 2.91. The molecule has 0 spiro atoms. The van der Waals surface area contributed by atoms with Crippen LogP contribution in [0.4, 0.5) is 0 Å². The van der Waals surface area contributed by atoms with Gasteiger partial charge in [0.15, 0.2) is 0 Å². The van der Waals surface area contributed by atoms with E-state index in [0.29, 0.717) is 5.56 Å². The van der Waals surface area contributed by atoms with E-state index in [1.54, 1.807) is 6.92 Å². The smallest absolute Gasteiger partial charge is 0.330 e. The number of aromatic nitrogens is 2. The van der Waals surface area contributed by atoms with Crippen LogP contribution in [0.3, 0.4) is 0 Å². The number of hydrogen-bond acceptors (Lipinski definition) is 7. The summed E-state index contributed by atoms with van der Waals surface area (Å²) in [6.45, 7) is 1.13. The first-order valence-corrected chi connectivity index (χ1v) is 6.83. The Hall–Kier alpha value is -2.62. The zero-order valence-electron chi connectivity index (χ0n) is 12.3. The van der Waals surface area contributed by atoms with E-state index in [1.807, 2.05) is 0 Å². The van der Waals surface area contributed by atoms with Crippen LogP contribution in [0.5, 0.6) is 0 Å². The Balaban J connectivity index is 2.21. The van der Waals surface area contributed by atoms with E-state index in [-0.39, 0.29) is 19.6 Å². The molecule has 3 N–H and O–H groups in total. The van der Waals surface area contributed by atoms with E-state index in [1.165, 1.54) is 10.8 Å². The molecule has 1 aliphatic rings. The molecule has 2 rings (SSSR count). The molecule has 11 heteroatoms. The molecule has 1 fully saturated rings. The van der Waals surface area contributed by atoms with Gasteiger partial charge >= 0.3 is 11.7 Å². The van der Waals surface area contributed by atoms with Gasteiger partial charge in [-0.2, -0.15) is 0 Å². The molecule has 0 unspecified atom stereocenters. The second-order valence-corrected chi connectivity index (χ2v) is 5.00. The minimum Gasteiger partial charge on any atom is -0.462 e. The maximum atomic E-state index is 11.9. The molecule has 124 valence electrons. The summed E-state index contributed by atoms with van der Waals surface area (Å²) in [6, 6.07) is -0.616. The largest absolute Gasteiger partial charge is 0.462 e. The van der Waals surface area contributed by atoms with Gasteiger partial charge in [0.05, 0.1) is 12.6 Å². The minimum absolute atomic E-state index is 0.146. The third kappa shape index (κ3) is 3.77. The molecule has 1 aromatic rings. The van der Waals surface area contributed by atoms with Crippen LogP contribution in [0, 0.1) is 6.92 Å². The van der Waals surface area contributed by atoms with E-state index >= 15 is 0 Å². The van der Waals surface area contributed by atoms with Crippen LogP contribution >= 0.6 is 0 Å². The van der Waals surface area contributed by atoms with Gasteiger partial charge < -0.3 is 15.2 Å². The first-order valence-electron chi connectivity index (χ1n) is 6.83. The number of nitrogens with one attached hydrogen (secondary N) is 1. The summed E-state index contributed by atoms with van der Waals surface area (Å²) in [7, 11) is 0. The van der Waals surface area contributed by atoms with Crippen molar-refractivity contribution in [3.8, 4) is 0 Å². The number of nitrogens with two attached hydrogens (primary N) is 1. The molecule has 0 aromatic carbocycles. The van der Waals surface area contributed by atoms with Gasteiger partial charge in [-0.25, -0.2) is 4.79 Å². The number of esters is 1. The molecule has 23 heavy (non-hydrogen) atoms. The van der Waals surface area contributed by atoms with E-state index < -0.39 is 35.6 Å². The Bertz CT molecular complexity index is 749. The van der Waals surface area contributed by atoms with Gasteiger partial charge in [-0.3, -0.25) is 19.1 Å². The van der Waals surface area contributed by atoms with Crippen LogP contribution in [-0.4, -0.2) is 40.8 Å². The van der Waals surface area contributed by atoms with Crippen molar-refractivity contribution < 1.29 is 14.3 Å². The van der Waals surface area contributed by atoms with Crippen molar-refractivity contribution in [1.29, 1.82) is 0 Å². The number of carbonyl (C=O) groups excluding carboxylic acids is 1. The van der Waals surface area contributed by atoms with Crippen LogP contribution in [0.1, 0.15) is 18.2 Å². The zero-order chi connectivity index (χ0) is 17.0. The molecule has 3 atom stereocenters. The van der Waals surface area contributed by atoms with Crippen molar-refractivity contribution in [1.82, 2.24) is 9.55 Å². The van der Waals surface area contributed by atoms with Crippen molar-refractivity contribution in [3.05, 3.63) is 43.0 Å². The van der Waals surface area contributed by atoms with E-state index in [4.69, 9.17) is 20.7 Å². The number of carbonyl (C=O) groups is 1. The Morgan fingerprint density at radius 3 is 3.04 bits per heavy atom. The average molecular weight is 324 g/mol. The summed E-state index contributed by atoms with van der Waals surface area (Å²) in [4.78, 5) is 39.3. The lowest BCUT2D eigenvalue weighted by Crippen LogP contribution is -2.33. The third-order valence-electron chi connectivity index (χ3n) is 3.44. The van der Waals surface area contributed by atoms with Crippen molar-refractivity contribution >= 4 is 5.97 Å². The van der Waals surface area contributed by atoms with E-state index in [2.05, 4.69) is 15.0 Å². The Morgan fingerprint density at radius 2 is 2.39 bits per heavy atom. The molecule has 0 aliphatic carbocycles. The fourth-order valence-electron chi connectivity index (χ4n) is 2.26. The SMILES string of the molecule is Cc1cn([C@H]2C[C@H](N=[N+]=[N-])[C@@H](COC(=O)CN)O2)c(=O)[nH]c1=O. The highest BCUT2D eigenvalue weighted by atomic mass is 16.6.